The van der Waals surface area contributed by atoms with Gasteiger partial charge in [-0.15, -0.1) is 0 Å². The Bertz CT molecular complexity index is 598. The Balaban J connectivity index is 2.70. The number of primary sulfonamides is 1. The average Bonchev–Trinajstić information content (AvgIpc) is 2.35. The third kappa shape index (κ3) is 4.50. The third-order valence-electron chi connectivity index (χ3n) is 2.23. The quantitative estimate of drug-likeness (QED) is 0.464. The van der Waals surface area contributed by atoms with Gasteiger partial charge in [0.2, 0.25) is 10.0 Å². The first-order chi connectivity index (χ1) is 9.24. The number of carbonyl (C=O) groups excluding carboxylic acids is 1. The van der Waals surface area contributed by atoms with Crippen molar-refractivity contribution in [2.75, 3.05) is 11.9 Å². The van der Waals surface area contributed by atoms with Crippen LogP contribution < -0.4 is 15.8 Å². The summed E-state index contributed by atoms with van der Waals surface area (Å²) in [7, 11) is -3.82. The van der Waals surface area contributed by atoms with E-state index in [1.165, 1.54) is 24.3 Å². The monoisotopic (exact) mass is 303 g/mol. The second-order valence-corrected chi connectivity index (χ2v) is 5.30. The second-order valence-electron chi connectivity index (χ2n) is 3.74. The van der Waals surface area contributed by atoms with Crippen LogP contribution in [0.3, 0.4) is 0 Å². The summed E-state index contributed by atoms with van der Waals surface area (Å²) < 4.78 is 22.0. The lowest BCUT2D eigenvalue weighted by Crippen LogP contribution is -2.45. The maximum absolute atomic E-state index is 11.4. The molecule has 0 saturated carbocycles. The van der Waals surface area contributed by atoms with Crippen molar-refractivity contribution in [3.8, 4) is 0 Å². The number of hydrogen-bond donors (Lipinski definition) is 5. The van der Waals surface area contributed by atoms with Gasteiger partial charge >= 0.3 is 12.0 Å². The normalized spacial score (nSPS) is 12.5. The number of urea groups is 1. The van der Waals surface area contributed by atoms with Crippen LogP contribution in [0.15, 0.2) is 29.2 Å². The van der Waals surface area contributed by atoms with Crippen molar-refractivity contribution < 1.29 is 28.2 Å². The number of aliphatic hydroxyl groups is 1. The van der Waals surface area contributed by atoms with Gasteiger partial charge < -0.3 is 20.8 Å². The smallest absolute Gasteiger partial charge is 0.328 e. The number of nitrogens with two attached hydrogens (primary N) is 1. The number of amides is 2. The van der Waals surface area contributed by atoms with Crippen LogP contribution in [0.2, 0.25) is 0 Å². The average molecular weight is 303 g/mol. The number of nitrogens with one attached hydrogen (secondary N) is 2. The van der Waals surface area contributed by atoms with Crippen molar-refractivity contribution in [3.05, 3.63) is 24.3 Å². The van der Waals surface area contributed by atoms with E-state index in [1.54, 1.807) is 0 Å². The molecule has 110 valence electrons. The number of carboxylic acid groups (broad SMARTS) is 1. The molecule has 0 fully saturated rings. The lowest BCUT2D eigenvalue weighted by atomic mass is 10.3. The van der Waals surface area contributed by atoms with Gasteiger partial charge in [0.05, 0.1) is 11.5 Å². The van der Waals surface area contributed by atoms with E-state index in [0.717, 1.165) is 0 Å². The van der Waals surface area contributed by atoms with Crippen LogP contribution in [-0.2, 0) is 14.8 Å². The Morgan fingerprint density at radius 3 is 2.20 bits per heavy atom. The molecular formula is C10H13N3O6S. The van der Waals surface area contributed by atoms with Crippen LogP contribution in [0.4, 0.5) is 10.5 Å². The number of aliphatic hydroxyl groups excluding tert-OH is 1. The fourth-order valence-electron chi connectivity index (χ4n) is 1.24. The molecule has 0 spiro atoms. The van der Waals surface area contributed by atoms with Gasteiger partial charge in [0.15, 0.2) is 6.04 Å². The summed E-state index contributed by atoms with van der Waals surface area (Å²) >= 11 is 0. The molecule has 0 radical (unpaired) electrons. The van der Waals surface area contributed by atoms with Crippen molar-refractivity contribution in [1.29, 1.82) is 0 Å². The van der Waals surface area contributed by atoms with Gasteiger partial charge in [-0.2, -0.15) is 0 Å². The summed E-state index contributed by atoms with van der Waals surface area (Å²) in [5.41, 5.74) is 0.233. The summed E-state index contributed by atoms with van der Waals surface area (Å²) in [6.45, 7) is -0.757. The molecule has 0 aliphatic carbocycles. The number of aliphatic carboxylic acids is 1. The number of carbonyl (C=O) groups is 2. The molecule has 0 aromatic heterocycles. The minimum atomic E-state index is -3.82. The van der Waals surface area contributed by atoms with Crippen LogP contribution in [0, 0.1) is 0 Å². The highest BCUT2D eigenvalue weighted by Crippen LogP contribution is 2.12. The van der Waals surface area contributed by atoms with Gasteiger partial charge in [-0.3, -0.25) is 0 Å². The van der Waals surface area contributed by atoms with E-state index >= 15 is 0 Å². The molecule has 9 nitrogen and oxygen atoms in total. The highest BCUT2D eigenvalue weighted by atomic mass is 32.2. The van der Waals surface area contributed by atoms with E-state index in [-0.39, 0.29) is 10.6 Å². The minimum Gasteiger partial charge on any atom is -0.480 e. The lowest BCUT2D eigenvalue weighted by molar-refractivity contribution is -0.140. The number of sulfonamides is 1. The minimum absolute atomic E-state index is 0.123. The SMILES string of the molecule is NS(=O)(=O)c1ccc(NC(=O)NC(CO)C(=O)O)cc1. The number of rotatable bonds is 5. The first-order valence-corrected chi connectivity index (χ1v) is 6.82. The zero-order valence-corrected chi connectivity index (χ0v) is 10.9. The molecule has 2 amide bonds. The molecule has 1 unspecified atom stereocenters. The zero-order chi connectivity index (χ0) is 15.3. The topological polar surface area (TPSA) is 159 Å². The third-order valence-corrected chi connectivity index (χ3v) is 3.16. The summed E-state index contributed by atoms with van der Waals surface area (Å²) in [4.78, 5) is 21.9. The number of benzene rings is 1. The van der Waals surface area contributed by atoms with Crippen LogP contribution in [-0.4, -0.2) is 43.3 Å². The Morgan fingerprint density at radius 2 is 1.80 bits per heavy atom. The van der Waals surface area contributed by atoms with E-state index in [0.29, 0.717) is 0 Å². The lowest BCUT2D eigenvalue weighted by Gasteiger charge is -2.12. The van der Waals surface area contributed by atoms with Crippen molar-refractivity contribution >= 4 is 27.7 Å². The van der Waals surface area contributed by atoms with Gasteiger partial charge in [0.25, 0.3) is 0 Å². The predicted molar refractivity (Wildman–Crippen MR) is 68.5 cm³/mol. The molecule has 1 aromatic carbocycles. The summed E-state index contributed by atoms with van der Waals surface area (Å²) in [5, 5.41) is 26.6. The van der Waals surface area contributed by atoms with E-state index < -0.39 is 34.7 Å². The predicted octanol–water partition coefficient (Wildman–Crippen LogP) is -1.10. The van der Waals surface area contributed by atoms with Crippen LogP contribution >= 0.6 is 0 Å². The highest BCUT2D eigenvalue weighted by Gasteiger charge is 2.18. The van der Waals surface area contributed by atoms with Gasteiger partial charge in [-0.1, -0.05) is 0 Å². The molecule has 0 bridgehead atoms. The molecule has 20 heavy (non-hydrogen) atoms. The van der Waals surface area contributed by atoms with Gasteiger partial charge in [-0.05, 0) is 24.3 Å². The number of hydrogen-bond acceptors (Lipinski definition) is 5. The molecule has 1 aromatic rings. The van der Waals surface area contributed by atoms with Gasteiger partial charge in [-0.25, -0.2) is 23.1 Å². The molecule has 0 heterocycles. The van der Waals surface area contributed by atoms with E-state index in [9.17, 15) is 18.0 Å². The Hall–Kier alpha value is -2.17. The van der Waals surface area contributed by atoms with Crippen molar-refractivity contribution in [1.82, 2.24) is 5.32 Å². The molecule has 6 N–H and O–H groups in total. The summed E-state index contributed by atoms with van der Waals surface area (Å²) in [5.74, 6) is -1.38. The van der Waals surface area contributed by atoms with E-state index in [2.05, 4.69) is 5.32 Å². The van der Waals surface area contributed by atoms with Gasteiger partial charge in [0, 0.05) is 5.69 Å². The molecular weight excluding hydrogens is 290 g/mol. The first-order valence-electron chi connectivity index (χ1n) is 5.28. The number of carboxylic acids is 1. The largest absolute Gasteiger partial charge is 0.480 e. The van der Waals surface area contributed by atoms with E-state index in [4.69, 9.17) is 15.4 Å². The maximum Gasteiger partial charge on any atom is 0.328 e. The summed E-state index contributed by atoms with van der Waals surface area (Å²) in [6, 6.07) is 2.66. The fraction of sp³-hybridized carbons (Fsp3) is 0.200. The first kappa shape index (κ1) is 15.9. The molecule has 0 aliphatic heterocycles. The highest BCUT2D eigenvalue weighted by molar-refractivity contribution is 7.89. The standard InChI is InChI=1S/C10H13N3O6S/c11-20(18,19)7-3-1-6(2-4-7)12-10(17)13-8(5-14)9(15)16/h1-4,8,14H,5H2,(H,15,16)(H2,11,18,19)(H2,12,13,17). The zero-order valence-electron chi connectivity index (χ0n) is 10.1. The summed E-state index contributed by atoms with van der Waals surface area (Å²) in [6.07, 6.45) is 0. The fourth-order valence-corrected chi connectivity index (χ4v) is 1.75. The molecule has 1 rings (SSSR count). The molecule has 1 atom stereocenters. The Kier molecular flexibility index (Phi) is 5.02. The second kappa shape index (κ2) is 6.32. The molecule has 0 saturated heterocycles. The van der Waals surface area contributed by atoms with Crippen LogP contribution in [0.5, 0.6) is 0 Å². The maximum atomic E-state index is 11.4. The van der Waals surface area contributed by atoms with Crippen LogP contribution in [0.1, 0.15) is 0 Å². The molecule has 0 aliphatic rings. The van der Waals surface area contributed by atoms with Crippen molar-refractivity contribution in [2.24, 2.45) is 5.14 Å². The Labute approximate surface area is 114 Å². The van der Waals surface area contributed by atoms with Crippen LogP contribution in [0.25, 0.3) is 0 Å². The molecule has 10 heteroatoms. The van der Waals surface area contributed by atoms with Crippen molar-refractivity contribution in [3.63, 3.8) is 0 Å². The van der Waals surface area contributed by atoms with Gasteiger partial charge in [0.1, 0.15) is 0 Å². The number of anilines is 1. The van der Waals surface area contributed by atoms with E-state index in [1.807, 2.05) is 5.32 Å². The van der Waals surface area contributed by atoms with Crippen molar-refractivity contribution in [2.45, 2.75) is 10.9 Å². The Morgan fingerprint density at radius 1 is 1.25 bits per heavy atom.